The van der Waals surface area contributed by atoms with Crippen LogP contribution in [0.2, 0.25) is 0 Å². The van der Waals surface area contributed by atoms with Crippen molar-refractivity contribution >= 4 is 0 Å². The topological polar surface area (TPSA) is 36.3 Å². The summed E-state index contributed by atoms with van der Waals surface area (Å²) in [6, 6.07) is 2.58. The Balaban J connectivity index is 3.98. The highest BCUT2D eigenvalue weighted by Crippen LogP contribution is 2.05. The van der Waals surface area contributed by atoms with E-state index in [1.165, 1.54) is 0 Å². The van der Waals surface area contributed by atoms with Crippen molar-refractivity contribution in [2.24, 2.45) is 0 Å². The van der Waals surface area contributed by atoms with Gasteiger partial charge >= 0.3 is 0 Å². The number of hydrogen-bond acceptors (Lipinski definition) is 3. The highest BCUT2D eigenvalue weighted by Gasteiger charge is 2.16. The molecule has 0 aromatic heterocycles. The summed E-state index contributed by atoms with van der Waals surface area (Å²) in [5, 5.41) is 8.78. The summed E-state index contributed by atoms with van der Waals surface area (Å²) < 4.78 is 5.01. The van der Waals surface area contributed by atoms with Gasteiger partial charge in [0.2, 0.25) is 0 Å². The Morgan fingerprint density at radius 3 is 2.50 bits per heavy atom. The van der Waals surface area contributed by atoms with E-state index in [1.54, 1.807) is 7.11 Å². The Bertz CT molecular complexity index is 153. The van der Waals surface area contributed by atoms with E-state index in [0.29, 0.717) is 12.6 Å². The zero-order valence-corrected chi connectivity index (χ0v) is 8.37. The summed E-state index contributed by atoms with van der Waals surface area (Å²) in [6.45, 7) is 4.75. The highest BCUT2D eigenvalue weighted by atomic mass is 16.5. The van der Waals surface area contributed by atoms with Gasteiger partial charge in [0.1, 0.15) is 0 Å². The molecular formula is C9H18N2O. The molecule has 0 aliphatic heterocycles. The fourth-order valence-electron chi connectivity index (χ4n) is 1.14. The molecular weight excluding hydrogens is 152 g/mol. The van der Waals surface area contributed by atoms with Crippen LogP contribution in [0.25, 0.3) is 0 Å². The van der Waals surface area contributed by atoms with Crippen molar-refractivity contribution in [3.05, 3.63) is 0 Å². The first-order valence-electron chi connectivity index (χ1n) is 4.27. The van der Waals surface area contributed by atoms with E-state index < -0.39 is 0 Å². The van der Waals surface area contributed by atoms with Crippen molar-refractivity contribution in [3.8, 4) is 6.07 Å². The van der Waals surface area contributed by atoms with Gasteiger partial charge in [-0.1, -0.05) is 6.92 Å². The van der Waals surface area contributed by atoms with E-state index in [9.17, 15) is 0 Å². The van der Waals surface area contributed by atoms with E-state index in [2.05, 4.69) is 13.0 Å². The number of nitriles is 1. The average molecular weight is 170 g/mol. The van der Waals surface area contributed by atoms with E-state index in [1.807, 2.05) is 18.9 Å². The summed E-state index contributed by atoms with van der Waals surface area (Å²) in [6.07, 6.45) is 0.862. The van der Waals surface area contributed by atoms with Gasteiger partial charge in [-0.2, -0.15) is 5.26 Å². The molecule has 0 N–H and O–H groups in total. The van der Waals surface area contributed by atoms with Crippen LogP contribution in [0.4, 0.5) is 0 Å². The minimum absolute atomic E-state index is 0.00940. The summed E-state index contributed by atoms with van der Waals surface area (Å²) in [5.41, 5.74) is 0. The second-order valence-electron chi connectivity index (χ2n) is 3.02. The molecule has 0 aromatic rings. The first-order valence-corrected chi connectivity index (χ1v) is 4.27. The fourth-order valence-corrected chi connectivity index (χ4v) is 1.14. The molecule has 3 nitrogen and oxygen atoms in total. The Hall–Kier alpha value is -0.590. The summed E-state index contributed by atoms with van der Waals surface area (Å²) in [5.74, 6) is 0. The fraction of sp³-hybridized carbons (Fsp3) is 0.889. The molecule has 12 heavy (non-hydrogen) atoms. The van der Waals surface area contributed by atoms with Crippen molar-refractivity contribution < 1.29 is 4.74 Å². The third-order valence-corrected chi connectivity index (χ3v) is 2.13. The molecule has 70 valence electrons. The molecule has 0 radical (unpaired) electrons. The molecule has 2 unspecified atom stereocenters. The van der Waals surface area contributed by atoms with Crippen LogP contribution >= 0.6 is 0 Å². The summed E-state index contributed by atoms with van der Waals surface area (Å²) >= 11 is 0. The third kappa shape index (κ3) is 3.21. The van der Waals surface area contributed by atoms with Gasteiger partial charge < -0.3 is 4.74 Å². The smallest absolute Gasteiger partial charge is 0.0975 e. The van der Waals surface area contributed by atoms with Crippen molar-refractivity contribution in [2.75, 3.05) is 20.8 Å². The number of hydrogen-bond donors (Lipinski definition) is 0. The molecule has 0 aliphatic carbocycles. The van der Waals surface area contributed by atoms with Crippen molar-refractivity contribution in [1.82, 2.24) is 4.90 Å². The van der Waals surface area contributed by atoms with Gasteiger partial charge in [0.25, 0.3) is 0 Å². The Kier molecular flexibility index (Phi) is 5.69. The first kappa shape index (κ1) is 11.4. The van der Waals surface area contributed by atoms with Gasteiger partial charge in [0.15, 0.2) is 0 Å². The monoisotopic (exact) mass is 170 g/mol. The molecule has 0 saturated carbocycles. The molecule has 0 bridgehead atoms. The minimum Gasteiger partial charge on any atom is -0.383 e. The number of likely N-dealkylation sites (N-methyl/N-ethyl adjacent to an activating group) is 1. The van der Waals surface area contributed by atoms with Gasteiger partial charge in [0, 0.05) is 13.2 Å². The molecule has 0 heterocycles. The molecule has 0 amide bonds. The van der Waals surface area contributed by atoms with Crippen LogP contribution in [-0.2, 0) is 4.74 Å². The van der Waals surface area contributed by atoms with Crippen LogP contribution in [0.3, 0.4) is 0 Å². The normalized spacial score (nSPS) is 15.7. The zero-order chi connectivity index (χ0) is 9.56. The first-order chi connectivity index (χ1) is 5.67. The van der Waals surface area contributed by atoms with E-state index in [4.69, 9.17) is 10.00 Å². The van der Waals surface area contributed by atoms with Crippen LogP contribution < -0.4 is 0 Å². The van der Waals surface area contributed by atoms with E-state index in [-0.39, 0.29) is 6.04 Å². The Labute approximate surface area is 74.9 Å². The maximum Gasteiger partial charge on any atom is 0.0975 e. The van der Waals surface area contributed by atoms with Crippen LogP contribution in [0, 0.1) is 11.3 Å². The highest BCUT2D eigenvalue weighted by molar-refractivity contribution is 4.91. The Morgan fingerprint density at radius 2 is 2.17 bits per heavy atom. The largest absolute Gasteiger partial charge is 0.383 e. The third-order valence-electron chi connectivity index (χ3n) is 2.13. The molecule has 0 aromatic carbocycles. The lowest BCUT2D eigenvalue weighted by molar-refractivity contribution is 0.102. The van der Waals surface area contributed by atoms with Crippen molar-refractivity contribution in [1.29, 1.82) is 5.26 Å². The maximum absolute atomic E-state index is 8.78. The molecule has 2 atom stereocenters. The van der Waals surface area contributed by atoms with Crippen LogP contribution in [0.1, 0.15) is 20.3 Å². The predicted molar refractivity (Wildman–Crippen MR) is 48.8 cm³/mol. The summed E-state index contributed by atoms with van der Waals surface area (Å²) in [4.78, 5) is 2.05. The molecule has 0 saturated heterocycles. The van der Waals surface area contributed by atoms with Crippen molar-refractivity contribution in [2.45, 2.75) is 32.4 Å². The number of nitrogens with zero attached hydrogens (tertiary/aromatic N) is 2. The van der Waals surface area contributed by atoms with Gasteiger partial charge in [-0.3, -0.25) is 4.90 Å². The zero-order valence-electron chi connectivity index (χ0n) is 8.37. The Morgan fingerprint density at radius 1 is 1.58 bits per heavy atom. The maximum atomic E-state index is 8.78. The molecule has 0 aliphatic rings. The van der Waals surface area contributed by atoms with E-state index >= 15 is 0 Å². The quantitative estimate of drug-likeness (QED) is 0.623. The van der Waals surface area contributed by atoms with Crippen molar-refractivity contribution in [3.63, 3.8) is 0 Å². The van der Waals surface area contributed by atoms with Crippen LogP contribution in [-0.4, -0.2) is 37.7 Å². The second kappa shape index (κ2) is 5.99. The van der Waals surface area contributed by atoms with Crippen LogP contribution in [0.5, 0.6) is 0 Å². The predicted octanol–water partition coefficient (Wildman–Crippen LogP) is 1.26. The molecule has 0 rings (SSSR count). The number of rotatable bonds is 5. The van der Waals surface area contributed by atoms with Gasteiger partial charge in [-0.15, -0.1) is 0 Å². The molecule has 3 heteroatoms. The number of methoxy groups -OCH3 is 1. The number of ether oxygens (including phenoxy) is 1. The summed E-state index contributed by atoms with van der Waals surface area (Å²) in [7, 11) is 3.64. The second-order valence-corrected chi connectivity index (χ2v) is 3.02. The van der Waals surface area contributed by atoms with Gasteiger partial charge in [0.05, 0.1) is 18.7 Å². The minimum atomic E-state index is 0.00940. The standard InChI is InChI=1S/C9H18N2O/c1-5-9(6-10)11(3)8(2)7-12-4/h8-9H,5,7H2,1-4H3. The van der Waals surface area contributed by atoms with E-state index in [0.717, 1.165) is 6.42 Å². The van der Waals surface area contributed by atoms with Gasteiger partial charge in [-0.25, -0.2) is 0 Å². The SMILES string of the molecule is CCC(C#N)N(C)C(C)COC. The lowest BCUT2D eigenvalue weighted by Gasteiger charge is -2.27. The van der Waals surface area contributed by atoms with Crippen LogP contribution in [0.15, 0.2) is 0 Å². The molecule has 0 fully saturated rings. The average Bonchev–Trinajstić information content (AvgIpc) is 2.07. The lowest BCUT2D eigenvalue weighted by atomic mass is 10.2. The van der Waals surface area contributed by atoms with Gasteiger partial charge in [-0.05, 0) is 20.4 Å². The molecule has 0 spiro atoms. The lowest BCUT2D eigenvalue weighted by Crippen LogP contribution is -2.39.